The highest BCUT2D eigenvalue weighted by molar-refractivity contribution is 4.76. The van der Waals surface area contributed by atoms with E-state index < -0.39 is 0 Å². The van der Waals surface area contributed by atoms with Crippen LogP contribution in [0.3, 0.4) is 0 Å². The van der Waals surface area contributed by atoms with Crippen molar-refractivity contribution in [1.29, 1.82) is 0 Å². The molecule has 0 aromatic carbocycles. The molecule has 84 valence electrons. The van der Waals surface area contributed by atoms with Crippen LogP contribution in [0.25, 0.3) is 0 Å². The summed E-state index contributed by atoms with van der Waals surface area (Å²) in [7, 11) is 0. The highest BCUT2D eigenvalue weighted by Crippen LogP contribution is 2.24. The van der Waals surface area contributed by atoms with Gasteiger partial charge < -0.3 is 9.84 Å². The Morgan fingerprint density at radius 3 is 2.79 bits per heavy atom. The van der Waals surface area contributed by atoms with Crippen molar-refractivity contribution in [3.63, 3.8) is 0 Å². The van der Waals surface area contributed by atoms with E-state index in [1.807, 2.05) is 0 Å². The molecule has 1 aliphatic heterocycles. The molecular formula is C12H24O2. The molecule has 1 aliphatic rings. The maximum atomic E-state index is 10.0. The van der Waals surface area contributed by atoms with Crippen molar-refractivity contribution >= 4 is 0 Å². The Morgan fingerprint density at radius 1 is 1.43 bits per heavy atom. The lowest BCUT2D eigenvalue weighted by atomic mass is 9.88. The third-order valence-corrected chi connectivity index (χ3v) is 3.29. The molecule has 0 radical (unpaired) electrons. The number of ether oxygens (including phenoxy) is 1. The Kier molecular flexibility index (Phi) is 5.49. The normalized spacial score (nSPS) is 26.4. The van der Waals surface area contributed by atoms with E-state index in [0.717, 1.165) is 26.1 Å². The van der Waals surface area contributed by atoms with Crippen LogP contribution < -0.4 is 0 Å². The summed E-state index contributed by atoms with van der Waals surface area (Å²) in [6.45, 7) is 5.98. The van der Waals surface area contributed by atoms with Crippen molar-refractivity contribution in [1.82, 2.24) is 0 Å². The summed E-state index contributed by atoms with van der Waals surface area (Å²) in [6.07, 6.45) is 5.86. The third-order valence-electron chi connectivity index (χ3n) is 3.29. The summed E-state index contributed by atoms with van der Waals surface area (Å²) in [5, 5.41) is 10.0. The van der Waals surface area contributed by atoms with Crippen molar-refractivity contribution in [2.45, 2.75) is 52.1 Å². The smallest absolute Gasteiger partial charge is 0.0616 e. The van der Waals surface area contributed by atoms with E-state index >= 15 is 0 Å². The first-order valence-electron chi connectivity index (χ1n) is 6.01. The van der Waals surface area contributed by atoms with Gasteiger partial charge in [0.05, 0.1) is 12.7 Å². The Morgan fingerprint density at radius 2 is 2.21 bits per heavy atom. The van der Waals surface area contributed by atoms with Crippen LogP contribution in [0.2, 0.25) is 0 Å². The molecule has 1 N–H and O–H groups in total. The second kappa shape index (κ2) is 6.41. The minimum absolute atomic E-state index is 0.144. The first-order valence-corrected chi connectivity index (χ1v) is 6.01. The van der Waals surface area contributed by atoms with E-state index in [0.29, 0.717) is 11.8 Å². The van der Waals surface area contributed by atoms with Gasteiger partial charge in [-0.2, -0.15) is 0 Å². The molecule has 2 heteroatoms. The van der Waals surface area contributed by atoms with Gasteiger partial charge in [0.15, 0.2) is 0 Å². The highest BCUT2D eigenvalue weighted by atomic mass is 16.5. The first-order chi connectivity index (χ1) is 6.75. The van der Waals surface area contributed by atoms with Crippen molar-refractivity contribution in [3.8, 4) is 0 Å². The fourth-order valence-corrected chi connectivity index (χ4v) is 2.17. The van der Waals surface area contributed by atoms with Gasteiger partial charge in [-0.25, -0.2) is 0 Å². The standard InChI is InChI=1S/C12H24O2/c1-3-4-5-6-10(2)12(13)11-7-8-14-9-11/h10-13H,3-9H2,1-2H3. The lowest BCUT2D eigenvalue weighted by Crippen LogP contribution is -2.27. The first kappa shape index (κ1) is 12.0. The predicted molar refractivity (Wildman–Crippen MR) is 58.2 cm³/mol. The van der Waals surface area contributed by atoms with Gasteiger partial charge in [-0.15, -0.1) is 0 Å². The largest absolute Gasteiger partial charge is 0.392 e. The van der Waals surface area contributed by atoms with Gasteiger partial charge in [-0.3, -0.25) is 0 Å². The number of unbranched alkanes of at least 4 members (excludes halogenated alkanes) is 2. The van der Waals surface area contributed by atoms with Crippen molar-refractivity contribution in [2.24, 2.45) is 11.8 Å². The van der Waals surface area contributed by atoms with E-state index in [1.54, 1.807) is 0 Å². The van der Waals surface area contributed by atoms with Crippen LogP contribution in [0.15, 0.2) is 0 Å². The Bertz CT molecular complexity index is 141. The molecular weight excluding hydrogens is 176 g/mol. The summed E-state index contributed by atoms with van der Waals surface area (Å²) >= 11 is 0. The van der Waals surface area contributed by atoms with Gasteiger partial charge in [-0.05, 0) is 18.8 Å². The van der Waals surface area contributed by atoms with Crippen LogP contribution in [0.1, 0.15) is 46.0 Å². The SMILES string of the molecule is CCCCCC(C)C(O)C1CCOC1. The van der Waals surface area contributed by atoms with Gasteiger partial charge >= 0.3 is 0 Å². The van der Waals surface area contributed by atoms with Gasteiger partial charge in [-0.1, -0.05) is 33.1 Å². The molecule has 1 fully saturated rings. The molecule has 0 bridgehead atoms. The van der Waals surface area contributed by atoms with Crippen LogP contribution in [-0.4, -0.2) is 24.4 Å². The van der Waals surface area contributed by atoms with E-state index in [-0.39, 0.29) is 6.10 Å². The van der Waals surface area contributed by atoms with Crippen molar-refractivity contribution < 1.29 is 9.84 Å². The lowest BCUT2D eigenvalue weighted by Gasteiger charge is -2.23. The van der Waals surface area contributed by atoms with Crippen LogP contribution >= 0.6 is 0 Å². The molecule has 2 nitrogen and oxygen atoms in total. The minimum atomic E-state index is -0.144. The Balaban J connectivity index is 2.17. The maximum Gasteiger partial charge on any atom is 0.0616 e. The van der Waals surface area contributed by atoms with Crippen LogP contribution in [0, 0.1) is 11.8 Å². The topological polar surface area (TPSA) is 29.5 Å². The Hall–Kier alpha value is -0.0800. The zero-order valence-electron chi connectivity index (χ0n) is 9.54. The van der Waals surface area contributed by atoms with Crippen LogP contribution in [0.5, 0.6) is 0 Å². The third kappa shape index (κ3) is 3.58. The quantitative estimate of drug-likeness (QED) is 0.668. The number of hydrogen-bond donors (Lipinski definition) is 1. The monoisotopic (exact) mass is 200 g/mol. The zero-order valence-corrected chi connectivity index (χ0v) is 9.54. The lowest BCUT2D eigenvalue weighted by molar-refractivity contribution is 0.0454. The molecule has 1 heterocycles. The summed E-state index contributed by atoms with van der Waals surface area (Å²) in [5.74, 6) is 0.833. The summed E-state index contributed by atoms with van der Waals surface area (Å²) in [4.78, 5) is 0. The number of rotatable bonds is 6. The maximum absolute atomic E-state index is 10.0. The fraction of sp³-hybridized carbons (Fsp3) is 1.00. The molecule has 3 unspecified atom stereocenters. The van der Waals surface area contributed by atoms with Crippen molar-refractivity contribution in [2.75, 3.05) is 13.2 Å². The van der Waals surface area contributed by atoms with Gasteiger partial charge in [0.2, 0.25) is 0 Å². The Labute approximate surface area is 87.7 Å². The minimum Gasteiger partial charge on any atom is -0.392 e. The van der Waals surface area contributed by atoms with Crippen LogP contribution in [-0.2, 0) is 4.74 Å². The molecule has 0 amide bonds. The summed E-state index contributed by atoms with van der Waals surface area (Å²) < 4.78 is 5.29. The van der Waals surface area contributed by atoms with E-state index in [9.17, 15) is 5.11 Å². The number of hydrogen-bond acceptors (Lipinski definition) is 2. The van der Waals surface area contributed by atoms with Gasteiger partial charge in [0.1, 0.15) is 0 Å². The zero-order chi connectivity index (χ0) is 10.4. The summed E-state index contributed by atoms with van der Waals surface area (Å²) in [6, 6.07) is 0. The molecule has 0 saturated carbocycles. The molecule has 0 aromatic heterocycles. The van der Waals surface area contributed by atoms with Crippen molar-refractivity contribution in [3.05, 3.63) is 0 Å². The highest BCUT2D eigenvalue weighted by Gasteiger charge is 2.27. The van der Waals surface area contributed by atoms with E-state index in [4.69, 9.17) is 4.74 Å². The van der Waals surface area contributed by atoms with Gasteiger partial charge in [0, 0.05) is 12.5 Å². The second-order valence-corrected chi connectivity index (χ2v) is 4.59. The van der Waals surface area contributed by atoms with E-state index in [2.05, 4.69) is 13.8 Å². The molecule has 1 rings (SSSR count). The predicted octanol–water partition coefficient (Wildman–Crippen LogP) is 2.60. The number of aliphatic hydroxyl groups excluding tert-OH is 1. The molecule has 1 saturated heterocycles. The molecule has 14 heavy (non-hydrogen) atoms. The molecule has 0 aliphatic carbocycles. The molecule has 0 aromatic rings. The average Bonchev–Trinajstić information content (AvgIpc) is 2.69. The molecule has 3 atom stereocenters. The molecule has 0 spiro atoms. The summed E-state index contributed by atoms with van der Waals surface area (Å²) in [5.41, 5.74) is 0. The van der Waals surface area contributed by atoms with Gasteiger partial charge in [0.25, 0.3) is 0 Å². The number of aliphatic hydroxyl groups is 1. The van der Waals surface area contributed by atoms with Crippen LogP contribution in [0.4, 0.5) is 0 Å². The fourth-order valence-electron chi connectivity index (χ4n) is 2.17. The second-order valence-electron chi connectivity index (χ2n) is 4.59. The van der Waals surface area contributed by atoms with E-state index in [1.165, 1.54) is 19.3 Å². The average molecular weight is 200 g/mol.